The Morgan fingerprint density at radius 2 is 1.84 bits per heavy atom. The number of nitrogens with one attached hydrogen (secondary N) is 1. The molecule has 0 atom stereocenters. The van der Waals surface area contributed by atoms with Crippen LogP contribution in [0.1, 0.15) is 21.6 Å². The van der Waals surface area contributed by atoms with Gasteiger partial charge in [0.25, 0.3) is 5.91 Å². The van der Waals surface area contributed by atoms with Crippen molar-refractivity contribution in [3.05, 3.63) is 59.4 Å². The first-order valence-corrected chi connectivity index (χ1v) is 6.11. The topological polar surface area (TPSA) is 68.0 Å². The van der Waals surface area contributed by atoms with E-state index in [9.17, 15) is 4.79 Å². The summed E-state index contributed by atoms with van der Waals surface area (Å²) in [6, 6.07) is 10.4. The monoisotopic (exact) mass is 271 g/mol. The number of thiocarbonyl (C=S) groups is 1. The Balaban J connectivity index is 2.16. The summed E-state index contributed by atoms with van der Waals surface area (Å²) in [6.45, 7) is 1.84. The van der Waals surface area contributed by atoms with E-state index in [1.807, 2.05) is 13.0 Å². The van der Waals surface area contributed by atoms with Crippen LogP contribution in [0.15, 0.2) is 42.6 Å². The molecule has 0 fully saturated rings. The van der Waals surface area contributed by atoms with Crippen LogP contribution in [-0.4, -0.2) is 15.9 Å². The molecule has 1 heterocycles. The number of aryl methyl sites for hydroxylation is 1. The van der Waals surface area contributed by atoms with Gasteiger partial charge in [-0.3, -0.25) is 9.78 Å². The highest BCUT2D eigenvalue weighted by molar-refractivity contribution is 7.80. The minimum Gasteiger partial charge on any atom is -0.389 e. The number of rotatable bonds is 3. The predicted octanol–water partition coefficient (Wildman–Crippen LogP) is 2.28. The predicted molar refractivity (Wildman–Crippen MR) is 79.3 cm³/mol. The van der Waals surface area contributed by atoms with Gasteiger partial charge in [-0.1, -0.05) is 24.4 Å². The number of benzene rings is 1. The zero-order chi connectivity index (χ0) is 13.8. The molecule has 0 radical (unpaired) electrons. The lowest BCUT2D eigenvalue weighted by Gasteiger charge is -2.07. The van der Waals surface area contributed by atoms with E-state index in [-0.39, 0.29) is 5.91 Å². The van der Waals surface area contributed by atoms with Crippen LogP contribution in [0.5, 0.6) is 0 Å². The van der Waals surface area contributed by atoms with Crippen molar-refractivity contribution in [3.8, 4) is 0 Å². The van der Waals surface area contributed by atoms with Gasteiger partial charge in [-0.05, 0) is 31.2 Å². The smallest absolute Gasteiger partial charge is 0.255 e. The van der Waals surface area contributed by atoms with Crippen molar-refractivity contribution in [1.29, 1.82) is 0 Å². The van der Waals surface area contributed by atoms with Crippen LogP contribution in [0, 0.1) is 6.92 Å². The molecule has 0 aliphatic rings. The fourth-order valence-electron chi connectivity index (χ4n) is 1.60. The van der Waals surface area contributed by atoms with Crippen molar-refractivity contribution >= 4 is 28.8 Å². The number of amides is 1. The van der Waals surface area contributed by atoms with Crippen LogP contribution >= 0.6 is 12.2 Å². The van der Waals surface area contributed by atoms with Crippen molar-refractivity contribution in [2.24, 2.45) is 5.73 Å². The Labute approximate surface area is 116 Å². The van der Waals surface area contributed by atoms with Gasteiger partial charge in [0.15, 0.2) is 0 Å². The average molecular weight is 271 g/mol. The summed E-state index contributed by atoms with van der Waals surface area (Å²) in [4.78, 5) is 16.5. The molecule has 0 spiro atoms. The molecule has 96 valence electrons. The van der Waals surface area contributed by atoms with Crippen molar-refractivity contribution in [3.63, 3.8) is 0 Å². The van der Waals surface area contributed by atoms with Gasteiger partial charge in [-0.2, -0.15) is 0 Å². The Hall–Kier alpha value is -2.27. The number of nitrogens with zero attached hydrogens (tertiary/aromatic N) is 1. The van der Waals surface area contributed by atoms with Crippen LogP contribution in [0.2, 0.25) is 0 Å². The van der Waals surface area contributed by atoms with Crippen LogP contribution in [0.3, 0.4) is 0 Å². The van der Waals surface area contributed by atoms with E-state index in [0.717, 1.165) is 11.3 Å². The molecule has 19 heavy (non-hydrogen) atoms. The normalized spacial score (nSPS) is 9.95. The molecule has 2 aromatic rings. The molecular formula is C14H13N3OS. The van der Waals surface area contributed by atoms with Gasteiger partial charge in [0.2, 0.25) is 0 Å². The third-order valence-corrected chi connectivity index (χ3v) is 2.92. The number of carbonyl (C=O) groups is 1. The number of aromatic nitrogens is 1. The van der Waals surface area contributed by atoms with Crippen LogP contribution < -0.4 is 11.1 Å². The maximum atomic E-state index is 12.0. The second-order valence-corrected chi connectivity index (χ2v) is 4.47. The number of hydrogen-bond acceptors (Lipinski definition) is 3. The van der Waals surface area contributed by atoms with Gasteiger partial charge in [0.1, 0.15) is 4.99 Å². The lowest BCUT2D eigenvalue weighted by Crippen LogP contribution is -2.14. The molecule has 0 aliphatic heterocycles. The van der Waals surface area contributed by atoms with E-state index in [4.69, 9.17) is 18.0 Å². The first-order valence-electron chi connectivity index (χ1n) is 5.71. The largest absolute Gasteiger partial charge is 0.389 e. The summed E-state index contributed by atoms with van der Waals surface area (Å²) in [5, 5.41) is 2.81. The zero-order valence-corrected chi connectivity index (χ0v) is 11.2. The van der Waals surface area contributed by atoms with Crippen LogP contribution in [0.4, 0.5) is 5.69 Å². The Kier molecular flexibility index (Phi) is 3.87. The van der Waals surface area contributed by atoms with E-state index < -0.39 is 0 Å². The number of pyridine rings is 1. The molecule has 0 saturated carbocycles. The minimum absolute atomic E-state index is 0.189. The number of carbonyl (C=O) groups excluding carboxylic acids is 1. The maximum Gasteiger partial charge on any atom is 0.255 e. The maximum absolute atomic E-state index is 12.0. The standard InChI is InChI=1S/C14H13N3OS/c1-9-12(3-2-8-16-9)17-14(18)11-6-4-10(5-7-11)13(15)19/h2-8H,1H3,(H2,15,19)(H,17,18). The average Bonchev–Trinajstić information content (AvgIpc) is 2.41. The van der Waals surface area contributed by atoms with Crippen molar-refractivity contribution in [2.75, 3.05) is 5.32 Å². The molecule has 1 aromatic heterocycles. The van der Waals surface area contributed by atoms with Crippen molar-refractivity contribution < 1.29 is 4.79 Å². The first-order chi connectivity index (χ1) is 9.08. The quantitative estimate of drug-likeness (QED) is 0.840. The molecule has 1 amide bonds. The van der Waals surface area contributed by atoms with Gasteiger partial charge >= 0.3 is 0 Å². The highest BCUT2D eigenvalue weighted by Crippen LogP contribution is 2.13. The van der Waals surface area contributed by atoms with E-state index in [0.29, 0.717) is 16.2 Å². The SMILES string of the molecule is Cc1ncccc1NC(=O)c1ccc(C(N)=S)cc1. The minimum atomic E-state index is -0.189. The molecule has 0 aliphatic carbocycles. The fourth-order valence-corrected chi connectivity index (χ4v) is 1.73. The number of hydrogen-bond donors (Lipinski definition) is 2. The fraction of sp³-hybridized carbons (Fsp3) is 0.0714. The molecule has 3 N–H and O–H groups in total. The van der Waals surface area contributed by atoms with Crippen LogP contribution in [0.25, 0.3) is 0 Å². The Morgan fingerprint density at radius 3 is 2.42 bits per heavy atom. The van der Waals surface area contributed by atoms with E-state index in [1.54, 1.807) is 36.5 Å². The van der Waals surface area contributed by atoms with E-state index >= 15 is 0 Å². The summed E-state index contributed by atoms with van der Waals surface area (Å²) in [5.41, 5.74) is 8.26. The van der Waals surface area contributed by atoms with Crippen molar-refractivity contribution in [2.45, 2.75) is 6.92 Å². The Bertz CT molecular complexity index is 623. The number of anilines is 1. The summed E-state index contributed by atoms with van der Waals surface area (Å²) < 4.78 is 0. The van der Waals surface area contributed by atoms with Gasteiger partial charge < -0.3 is 11.1 Å². The second kappa shape index (κ2) is 5.58. The molecule has 0 unspecified atom stereocenters. The Morgan fingerprint density at radius 1 is 1.21 bits per heavy atom. The molecular weight excluding hydrogens is 258 g/mol. The van der Waals surface area contributed by atoms with Gasteiger partial charge in [0, 0.05) is 17.3 Å². The lowest BCUT2D eigenvalue weighted by atomic mass is 10.1. The molecule has 0 bridgehead atoms. The highest BCUT2D eigenvalue weighted by atomic mass is 32.1. The van der Waals surface area contributed by atoms with Gasteiger partial charge in [-0.25, -0.2) is 0 Å². The lowest BCUT2D eigenvalue weighted by molar-refractivity contribution is 0.102. The van der Waals surface area contributed by atoms with E-state index in [2.05, 4.69) is 10.3 Å². The second-order valence-electron chi connectivity index (χ2n) is 4.03. The molecule has 1 aromatic carbocycles. The van der Waals surface area contributed by atoms with E-state index in [1.165, 1.54) is 0 Å². The summed E-state index contributed by atoms with van der Waals surface area (Å²) in [5.74, 6) is -0.189. The molecule has 0 saturated heterocycles. The highest BCUT2D eigenvalue weighted by Gasteiger charge is 2.08. The first kappa shape index (κ1) is 13.2. The molecule has 5 heteroatoms. The summed E-state index contributed by atoms with van der Waals surface area (Å²) in [7, 11) is 0. The number of nitrogens with two attached hydrogens (primary N) is 1. The van der Waals surface area contributed by atoms with Gasteiger partial charge in [-0.15, -0.1) is 0 Å². The zero-order valence-electron chi connectivity index (χ0n) is 10.4. The summed E-state index contributed by atoms with van der Waals surface area (Å²) in [6.07, 6.45) is 1.68. The van der Waals surface area contributed by atoms with Gasteiger partial charge in [0.05, 0.1) is 11.4 Å². The molecule has 2 rings (SSSR count). The third kappa shape index (κ3) is 3.14. The third-order valence-electron chi connectivity index (χ3n) is 2.69. The van der Waals surface area contributed by atoms with Crippen molar-refractivity contribution in [1.82, 2.24) is 4.98 Å². The summed E-state index contributed by atoms with van der Waals surface area (Å²) >= 11 is 4.86. The van der Waals surface area contributed by atoms with Crippen LogP contribution in [-0.2, 0) is 0 Å². The molecule has 4 nitrogen and oxygen atoms in total.